The minimum atomic E-state index is -0.608. The molecule has 0 bridgehead atoms. The smallest absolute Gasteiger partial charge is 0.282 e. The first-order valence-electron chi connectivity index (χ1n) is 4.11. The summed E-state index contributed by atoms with van der Waals surface area (Å²) in [5.74, 6) is -1.07. The summed E-state index contributed by atoms with van der Waals surface area (Å²) in [4.78, 5) is 19.9. The van der Waals surface area contributed by atoms with Crippen molar-refractivity contribution in [2.45, 2.75) is 0 Å². The Kier molecular flexibility index (Phi) is 3.56. The van der Waals surface area contributed by atoms with Crippen molar-refractivity contribution in [3.63, 3.8) is 0 Å². The number of hydrogen-bond acceptors (Lipinski definition) is 4. The molecule has 0 unspecified atom stereocenters. The Morgan fingerprint density at radius 3 is 2.73 bits per heavy atom. The molecule has 0 aliphatic heterocycles. The molecule has 0 atom stereocenters. The van der Waals surface area contributed by atoms with Crippen molar-refractivity contribution in [1.29, 1.82) is 0 Å². The number of carbonyl (C=O) groups excluding carboxylic acids is 1. The van der Waals surface area contributed by atoms with Crippen LogP contribution in [0, 0.1) is 5.82 Å². The highest BCUT2D eigenvalue weighted by atomic mass is 19.1. The Bertz CT molecular complexity index is 370. The quantitative estimate of drug-likeness (QED) is 0.700. The fourth-order valence-corrected chi connectivity index (χ4v) is 0.995. The van der Waals surface area contributed by atoms with Crippen molar-refractivity contribution >= 4 is 5.91 Å². The molecule has 0 fully saturated rings. The monoisotopic (exact) mass is 214 g/mol. The number of amides is 1. The summed E-state index contributed by atoms with van der Waals surface area (Å²) in [5, 5.41) is 0.957. The van der Waals surface area contributed by atoms with E-state index in [1.54, 1.807) is 0 Å². The zero-order valence-corrected chi connectivity index (χ0v) is 8.65. The highest BCUT2D eigenvalue weighted by molar-refractivity contribution is 5.95. The van der Waals surface area contributed by atoms with Gasteiger partial charge >= 0.3 is 0 Å². The van der Waals surface area contributed by atoms with Crippen LogP contribution in [-0.4, -0.2) is 37.2 Å². The first-order valence-corrected chi connectivity index (χ1v) is 4.11. The Morgan fingerprint density at radius 2 is 2.20 bits per heavy atom. The number of carbonyl (C=O) groups is 1. The van der Waals surface area contributed by atoms with Gasteiger partial charge in [-0.05, 0) is 6.07 Å². The number of pyridine rings is 1. The fourth-order valence-electron chi connectivity index (χ4n) is 0.995. The van der Waals surface area contributed by atoms with Crippen LogP contribution >= 0.6 is 0 Å². The summed E-state index contributed by atoms with van der Waals surface area (Å²) in [7, 11) is 4.09. The summed E-state index contributed by atoms with van der Waals surface area (Å²) < 4.78 is 17.7. The van der Waals surface area contributed by atoms with E-state index in [-0.39, 0.29) is 11.4 Å². The first kappa shape index (κ1) is 11.4. The lowest BCUT2D eigenvalue weighted by molar-refractivity contribution is -0.0758. The summed E-state index contributed by atoms with van der Waals surface area (Å²) in [6.07, 6.45) is 0.975. The van der Waals surface area contributed by atoms with E-state index in [4.69, 9.17) is 4.74 Å². The van der Waals surface area contributed by atoms with E-state index in [9.17, 15) is 9.18 Å². The Hall–Kier alpha value is -1.69. The van der Waals surface area contributed by atoms with Crippen LogP contribution in [0.25, 0.3) is 0 Å². The van der Waals surface area contributed by atoms with Gasteiger partial charge in [-0.2, -0.15) is 0 Å². The van der Waals surface area contributed by atoms with Crippen LogP contribution in [0.1, 0.15) is 10.4 Å². The zero-order chi connectivity index (χ0) is 11.4. The molecule has 1 amide bonds. The molecule has 1 aromatic heterocycles. The number of aromatic nitrogens is 1. The van der Waals surface area contributed by atoms with E-state index in [1.165, 1.54) is 21.3 Å². The van der Waals surface area contributed by atoms with Crippen LogP contribution in [0.3, 0.4) is 0 Å². The molecule has 0 N–H and O–H groups in total. The molecule has 15 heavy (non-hydrogen) atoms. The van der Waals surface area contributed by atoms with Gasteiger partial charge in [0.15, 0.2) is 0 Å². The summed E-state index contributed by atoms with van der Waals surface area (Å²) in [6.45, 7) is 0. The van der Waals surface area contributed by atoms with E-state index in [1.807, 2.05) is 0 Å². The van der Waals surface area contributed by atoms with Crippen LogP contribution in [0.4, 0.5) is 4.39 Å². The number of methoxy groups -OCH3 is 1. The van der Waals surface area contributed by atoms with E-state index >= 15 is 0 Å². The number of nitrogens with zero attached hydrogens (tertiary/aromatic N) is 2. The van der Waals surface area contributed by atoms with Crippen molar-refractivity contribution in [2.24, 2.45) is 0 Å². The molecule has 0 aromatic carbocycles. The normalized spacial score (nSPS) is 9.87. The second kappa shape index (κ2) is 4.70. The molecule has 0 aliphatic carbocycles. The second-order valence-corrected chi connectivity index (χ2v) is 2.70. The van der Waals surface area contributed by atoms with Gasteiger partial charge in [-0.25, -0.2) is 14.4 Å². The predicted octanol–water partition coefficient (Wildman–Crippen LogP) is 0.863. The van der Waals surface area contributed by atoms with Gasteiger partial charge in [0, 0.05) is 7.05 Å². The third-order valence-electron chi connectivity index (χ3n) is 1.80. The average molecular weight is 214 g/mol. The topological polar surface area (TPSA) is 51.7 Å². The molecule has 1 heterocycles. The van der Waals surface area contributed by atoms with E-state index in [0.29, 0.717) is 0 Å². The minimum Gasteiger partial charge on any atom is -0.480 e. The first-order chi connectivity index (χ1) is 7.10. The molecule has 0 radical (unpaired) electrons. The molecular weight excluding hydrogens is 203 g/mol. The summed E-state index contributed by atoms with van der Waals surface area (Å²) in [5.41, 5.74) is 0.0156. The maximum atomic E-state index is 12.9. The lowest BCUT2D eigenvalue weighted by atomic mass is 10.2. The largest absolute Gasteiger partial charge is 0.480 e. The van der Waals surface area contributed by atoms with Gasteiger partial charge in [-0.15, -0.1) is 0 Å². The van der Waals surface area contributed by atoms with Gasteiger partial charge in [0.05, 0.1) is 20.4 Å². The van der Waals surface area contributed by atoms with E-state index in [0.717, 1.165) is 17.3 Å². The molecule has 1 aromatic rings. The van der Waals surface area contributed by atoms with Crippen molar-refractivity contribution in [3.05, 3.63) is 23.6 Å². The Labute approximate surface area is 86.4 Å². The highest BCUT2D eigenvalue weighted by Crippen LogP contribution is 2.17. The number of hydroxylamine groups is 2. The number of hydrogen-bond donors (Lipinski definition) is 0. The Morgan fingerprint density at radius 1 is 1.53 bits per heavy atom. The number of ether oxygens (including phenoxy) is 1. The van der Waals surface area contributed by atoms with Gasteiger partial charge in [-0.1, -0.05) is 0 Å². The highest BCUT2D eigenvalue weighted by Gasteiger charge is 2.18. The molecule has 1 rings (SSSR count). The molecular formula is C9H11FN2O3. The summed E-state index contributed by atoms with van der Waals surface area (Å²) in [6, 6.07) is 1.05. The third-order valence-corrected chi connectivity index (χ3v) is 1.80. The SMILES string of the molecule is COc1ncc(F)cc1C(=O)N(C)OC. The zero-order valence-electron chi connectivity index (χ0n) is 8.65. The number of rotatable bonds is 3. The molecule has 0 saturated heterocycles. The molecule has 0 saturated carbocycles. The van der Waals surface area contributed by atoms with Crippen LogP contribution in [-0.2, 0) is 4.84 Å². The maximum absolute atomic E-state index is 12.9. The minimum absolute atomic E-state index is 0.0156. The van der Waals surface area contributed by atoms with Gasteiger partial charge in [-0.3, -0.25) is 9.63 Å². The average Bonchev–Trinajstić information content (AvgIpc) is 2.27. The fraction of sp³-hybridized carbons (Fsp3) is 0.333. The van der Waals surface area contributed by atoms with Crippen LogP contribution in [0.15, 0.2) is 12.3 Å². The molecule has 6 heteroatoms. The standard InChI is InChI=1S/C9H11FN2O3/c1-12(15-3)9(13)7-4-6(10)5-11-8(7)14-2/h4-5H,1-3H3. The second-order valence-electron chi connectivity index (χ2n) is 2.70. The summed E-state index contributed by atoms with van der Waals surface area (Å²) >= 11 is 0. The molecule has 0 aliphatic rings. The van der Waals surface area contributed by atoms with Crippen molar-refractivity contribution in [2.75, 3.05) is 21.3 Å². The van der Waals surface area contributed by atoms with Crippen LogP contribution in [0.5, 0.6) is 5.88 Å². The van der Waals surface area contributed by atoms with E-state index < -0.39 is 11.7 Å². The van der Waals surface area contributed by atoms with Crippen molar-refractivity contribution in [1.82, 2.24) is 10.0 Å². The van der Waals surface area contributed by atoms with E-state index in [2.05, 4.69) is 9.82 Å². The van der Waals surface area contributed by atoms with Gasteiger partial charge in [0.1, 0.15) is 11.4 Å². The van der Waals surface area contributed by atoms with Gasteiger partial charge in [0.2, 0.25) is 5.88 Å². The molecule has 82 valence electrons. The molecule has 0 spiro atoms. The van der Waals surface area contributed by atoms with Crippen molar-refractivity contribution in [3.8, 4) is 5.88 Å². The van der Waals surface area contributed by atoms with Gasteiger partial charge in [0.25, 0.3) is 5.91 Å². The van der Waals surface area contributed by atoms with Gasteiger partial charge < -0.3 is 4.74 Å². The maximum Gasteiger partial charge on any atom is 0.282 e. The number of halogens is 1. The lowest BCUT2D eigenvalue weighted by Gasteiger charge is -2.14. The molecule has 5 nitrogen and oxygen atoms in total. The lowest BCUT2D eigenvalue weighted by Crippen LogP contribution is -2.26. The Balaban J connectivity index is 3.11. The van der Waals surface area contributed by atoms with Crippen LogP contribution in [0.2, 0.25) is 0 Å². The third kappa shape index (κ3) is 2.41. The van der Waals surface area contributed by atoms with Crippen LogP contribution < -0.4 is 4.74 Å². The van der Waals surface area contributed by atoms with Crippen molar-refractivity contribution < 1.29 is 18.8 Å². The predicted molar refractivity (Wildman–Crippen MR) is 49.8 cm³/mol.